The molecule has 3 heterocycles. The van der Waals surface area contributed by atoms with E-state index in [4.69, 9.17) is 16.3 Å². The molecule has 2 aromatic rings. The number of anilines is 1. The van der Waals surface area contributed by atoms with E-state index in [-0.39, 0.29) is 0 Å². The highest BCUT2D eigenvalue weighted by molar-refractivity contribution is 7.16. The van der Waals surface area contributed by atoms with Crippen molar-refractivity contribution in [3.8, 4) is 0 Å². The number of hydrogen-bond acceptors (Lipinski definition) is 5. The Balaban J connectivity index is 1.98. The number of nitrogens with zero attached hydrogens (tertiary/aromatic N) is 3. The maximum absolute atomic E-state index is 6.04. The summed E-state index contributed by atoms with van der Waals surface area (Å²) >= 11 is 7.64. The fourth-order valence-electron chi connectivity index (χ4n) is 2.69. The number of rotatable bonds is 2. The molecule has 2 unspecified atom stereocenters. The van der Waals surface area contributed by atoms with Gasteiger partial charge in [0, 0.05) is 19.7 Å². The Kier molecular flexibility index (Phi) is 3.60. The summed E-state index contributed by atoms with van der Waals surface area (Å²) < 4.78 is 5.46. The average molecular weight is 298 g/mol. The third-order valence-electron chi connectivity index (χ3n) is 3.71. The van der Waals surface area contributed by atoms with Crippen LogP contribution in [0, 0.1) is 0 Å². The Hall–Kier alpha value is -0.910. The summed E-state index contributed by atoms with van der Waals surface area (Å²) in [5.41, 5.74) is 0. The van der Waals surface area contributed by atoms with Gasteiger partial charge < -0.3 is 9.64 Å². The van der Waals surface area contributed by atoms with Gasteiger partial charge in [0.15, 0.2) is 0 Å². The number of hydrogen-bond donors (Lipinski definition) is 0. The van der Waals surface area contributed by atoms with E-state index in [2.05, 4.69) is 27.9 Å². The van der Waals surface area contributed by atoms with E-state index >= 15 is 0 Å². The van der Waals surface area contributed by atoms with Gasteiger partial charge in [-0.25, -0.2) is 4.98 Å². The number of fused-ring (bicyclic) bond motifs is 1. The molecule has 0 amide bonds. The molecule has 1 saturated heterocycles. The van der Waals surface area contributed by atoms with Crippen LogP contribution in [-0.2, 0) is 4.74 Å². The molecule has 2 atom stereocenters. The van der Waals surface area contributed by atoms with Crippen LogP contribution >= 0.6 is 22.9 Å². The normalized spacial score (nSPS) is 24.1. The molecule has 0 saturated carbocycles. The minimum atomic E-state index is 0.325. The zero-order valence-corrected chi connectivity index (χ0v) is 12.5. The van der Waals surface area contributed by atoms with Gasteiger partial charge in [0.1, 0.15) is 10.6 Å². The van der Waals surface area contributed by atoms with Gasteiger partial charge in [0.25, 0.3) is 0 Å². The van der Waals surface area contributed by atoms with Gasteiger partial charge in [-0.2, -0.15) is 4.98 Å². The van der Waals surface area contributed by atoms with E-state index < -0.39 is 0 Å². The minimum absolute atomic E-state index is 0.325. The van der Waals surface area contributed by atoms with E-state index in [1.165, 1.54) is 0 Å². The molecule has 1 fully saturated rings. The highest BCUT2D eigenvalue weighted by Crippen LogP contribution is 2.33. The smallest absolute Gasteiger partial charge is 0.225 e. The summed E-state index contributed by atoms with van der Waals surface area (Å²) in [6.07, 6.45) is 2.39. The fourth-order valence-corrected chi connectivity index (χ4v) is 3.66. The lowest BCUT2D eigenvalue weighted by molar-refractivity contribution is 0.0720. The van der Waals surface area contributed by atoms with Gasteiger partial charge in [-0.05, 0) is 42.8 Å². The molecule has 0 bridgehead atoms. The molecule has 0 radical (unpaired) electrons. The van der Waals surface area contributed by atoms with Crippen LogP contribution in [0.25, 0.3) is 10.2 Å². The van der Waals surface area contributed by atoms with E-state index in [0.29, 0.717) is 17.4 Å². The zero-order chi connectivity index (χ0) is 13.4. The Morgan fingerprint density at radius 3 is 3.05 bits per heavy atom. The third kappa shape index (κ3) is 2.42. The van der Waals surface area contributed by atoms with Crippen LogP contribution < -0.4 is 4.90 Å². The number of methoxy groups -OCH3 is 1. The maximum atomic E-state index is 6.04. The number of thiophene rings is 1. The lowest BCUT2D eigenvalue weighted by Crippen LogP contribution is -2.43. The predicted octanol–water partition coefficient (Wildman–Crippen LogP) is 3.35. The lowest BCUT2D eigenvalue weighted by Gasteiger charge is -2.38. The first-order valence-corrected chi connectivity index (χ1v) is 7.65. The van der Waals surface area contributed by atoms with Crippen molar-refractivity contribution in [1.82, 2.24) is 9.97 Å². The molecule has 102 valence electrons. The van der Waals surface area contributed by atoms with E-state index in [1.54, 1.807) is 18.4 Å². The predicted molar refractivity (Wildman–Crippen MR) is 79.3 cm³/mol. The summed E-state index contributed by atoms with van der Waals surface area (Å²) in [6, 6.07) is 2.47. The summed E-state index contributed by atoms with van der Waals surface area (Å²) in [6.45, 7) is 3.15. The highest BCUT2D eigenvalue weighted by atomic mass is 35.5. The third-order valence-corrected chi connectivity index (χ3v) is 4.69. The molecule has 6 heteroatoms. The minimum Gasteiger partial charge on any atom is -0.381 e. The Bertz CT molecular complexity index is 588. The maximum Gasteiger partial charge on any atom is 0.225 e. The lowest BCUT2D eigenvalue weighted by atomic mass is 10.0. The van der Waals surface area contributed by atoms with Gasteiger partial charge in [0.2, 0.25) is 5.28 Å². The molecule has 1 aliphatic heterocycles. The molecule has 2 aromatic heterocycles. The van der Waals surface area contributed by atoms with Crippen molar-refractivity contribution in [3.63, 3.8) is 0 Å². The highest BCUT2D eigenvalue weighted by Gasteiger charge is 2.27. The zero-order valence-electron chi connectivity index (χ0n) is 11.0. The first kappa shape index (κ1) is 13.1. The number of halogens is 1. The molecule has 0 spiro atoms. The summed E-state index contributed by atoms with van der Waals surface area (Å²) in [4.78, 5) is 12.0. The monoisotopic (exact) mass is 297 g/mol. The first-order valence-electron chi connectivity index (χ1n) is 6.39. The van der Waals surface area contributed by atoms with Crippen LogP contribution in [0.3, 0.4) is 0 Å². The van der Waals surface area contributed by atoms with Gasteiger partial charge in [-0.1, -0.05) is 0 Å². The Labute approximate surface area is 121 Å². The van der Waals surface area contributed by atoms with E-state index in [0.717, 1.165) is 35.4 Å². The standard InChI is InChI=1S/C13H16ClN3OS/c1-8-7-9(18-2)3-5-17(8)11-10-4-6-19-12(10)16-13(14)15-11/h4,6,8-9H,3,5,7H2,1-2H3. The SMILES string of the molecule is COC1CCN(c2nc(Cl)nc3sccc23)C(C)C1. The van der Waals surface area contributed by atoms with Crippen molar-refractivity contribution in [1.29, 1.82) is 0 Å². The molecule has 19 heavy (non-hydrogen) atoms. The van der Waals surface area contributed by atoms with Crippen LogP contribution in [0.15, 0.2) is 11.4 Å². The van der Waals surface area contributed by atoms with Crippen LogP contribution in [0.1, 0.15) is 19.8 Å². The van der Waals surface area contributed by atoms with Crippen molar-refractivity contribution < 1.29 is 4.74 Å². The molecular formula is C13H16ClN3OS. The number of piperidine rings is 1. The summed E-state index contributed by atoms with van der Waals surface area (Å²) in [5.74, 6) is 0.957. The van der Waals surface area contributed by atoms with Crippen molar-refractivity contribution in [3.05, 3.63) is 16.7 Å². The van der Waals surface area contributed by atoms with Crippen molar-refractivity contribution in [2.75, 3.05) is 18.6 Å². The second-order valence-electron chi connectivity index (χ2n) is 4.88. The van der Waals surface area contributed by atoms with Crippen LogP contribution in [-0.4, -0.2) is 35.8 Å². The number of aromatic nitrogens is 2. The Morgan fingerprint density at radius 2 is 2.32 bits per heavy atom. The van der Waals surface area contributed by atoms with Gasteiger partial charge >= 0.3 is 0 Å². The fraction of sp³-hybridized carbons (Fsp3) is 0.538. The number of ether oxygens (including phenoxy) is 1. The van der Waals surface area contributed by atoms with Crippen LogP contribution in [0.4, 0.5) is 5.82 Å². The summed E-state index contributed by atoms with van der Waals surface area (Å²) in [5, 5.41) is 3.45. The van der Waals surface area contributed by atoms with Gasteiger partial charge in [-0.3, -0.25) is 0 Å². The second kappa shape index (κ2) is 5.23. The molecule has 0 N–H and O–H groups in total. The largest absolute Gasteiger partial charge is 0.381 e. The second-order valence-corrected chi connectivity index (χ2v) is 6.11. The van der Waals surface area contributed by atoms with Crippen molar-refractivity contribution in [2.24, 2.45) is 0 Å². The van der Waals surface area contributed by atoms with Crippen molar-refractivity contribution in [2.45, 2.75) is 31.9 Å². The van der Waals surface area contributed by atoms with Gasteiger partial charge in [0.05, 0.1) is 11.5 Å². The van der Waals surface area contributed by atoms with E-state index in [1.807, 2.05) is 5.38 Å². The molecule has 1 aliphatic rings. The quantitative estimate of drug-likeness (QED) is 0.797. The van der Waals surface area contributed by atoms with E-state index in [9.17, 15) is 0 Å². The van der Waals surface area contributed by atoms with Crippen molar-refractivity contribution >= 4 is 39.0 Å². The van der Waals surface area contributed by atoms with Gasteiger partial charge in [-0.15, -0.1) is 11.3 Å². The molecule has 0 aromatic carbocycles. The Morgan fingerprint density at radius 1 is 1.47 bits per heavy atom. The summed E-state index contributed by atoms with van der Waals surface area (Å²) in [7, 11) is 1.78. The molecule has 4 nitrogen and oxygen atoms in total. The molecule has 3 rings (SSSR count). The van der Waals surface area contributed by atoms with Crippen LogP contribution in [0.5, 0.6) is 0 Å². The molecular weight excluding hydrogens is 282 g/mol. The topological polar surface area (TPSA) is 38.2 Å². The molecule has 0 aliphatic carbocycles. The average Bonchev–Trinajstić information content (AvgIpc) is 2.85. The first-order chi connectivity index (χ1) is 9.19. The van der Waals surface area contributed by atoms with Crippen LogP contribution in [0.2, 0.25) is 5.28 Å².